The molecule has 1 fully saturated rings. The zero-order chi connectivity index (χ0) is 18.1. The molecule has 0 saturated heterocycles. The normalized spacial score (nSPS) is 19.6. The molecule has 4 rings (SSSR count). The van der Waals surface area contributed by atoms with Crippen molar-refractivity contribution in [1.82, 2.24) is 25.4 Å². The van der Waals surface area contributed by atoms with Gasteiger partial charge in [0.2, 0.25) is 0 Å². The van der Waals surface area contributed by atoms with E-state index in [-0.39, 0.29) is 11.9 Å². The highest BCUT2D eigenvalue weighted by Crippen LogP contribution is 2.41. The fraction of sp³-hybridized carbons (Fsp3) is 0.632. The topological polar surface area (TPSA) is 71.8 Å². The molecule has 2 N–H and O–H groups in total. The van der Waals surface area contributed by atoms with Crippen molar-refractivity contribution in [3.05, 3.63) is 33.5 Å². The SMILES string of the molecule is CC(C)NC(=O)c1cnn2c1CC(CNCc1csc(C3CC3)n1)CC2. The smallest absolute Gasteiger partial charge is 0.254 e. The Morgan fingerprint density at radius 1 is 1.38 bits per heavy atom. The van der Waals surface area contributed by atoms with Gasteiger partial charge in [0.05, 0.1) is 28.2 Å². The van der Waals surface area contributed by atoms with Gasteiger partial charge in [-0.15, -0.1) is 11.3 Å². The highest BCUT2D eigenvalue weighted by Gasteiger charge is 2.27. The molecule has 1 saturated carbocycles. The Bertz CT molecular complexity index is 777. The lowest BCUT2D eigenvalue weighted by molar-refractivity contribution is 0.0941. The van der Waals surface area contributed by atoms with E-state index < -0.39 is 0 Å². The second-order valence-electron chi connectivity index (χ2n) is 7.80. The molecular weight excluding hydrogens is 346 g/mol. The first-order chi connectivity index (χ1) is 12.6. The van der Waals surface area contributed by atoms with E-state index in [2.05, 4.69) is 21.1 Å². The summed E-state index contributed by atoms with van der Waals surface area (Å²) in [4.78, 5) is 17.1. The predicted molar refractivity (Wildman–Crippen MR) is 102 cm³/mol. The Morgan fingerprint density at radius 2 is 2.23 bits per heavy atom. The van der Waals surface area contributed by atoms with Crippen LogP contribution in [0, 0.1) is 5.92 Å². The summed E-state index contributed by atoms with van der Waals surface area (Å²) in [6.07, 6.45) is 6.33. The van der Waals surface area contributed by atoms with Crippen LogP contribution in [0.3, 0.4) is 0 Å². The van der Waals surface area contributed by atoms with Gasteiger partial charge in [-0.2, -0.15) is 5.10 Å². The molecule has 2 aromatic rings. The summed E-state index contributed by atoms with van der Waals surface area (Å²) in [5.74, 6) is 1.26. The summed E-state index contributed by atoms with van der Waals surface area (Å²) >= 11 is 1.80. The Hall–Kier alpha value is -1.73. The molecule has 3 heterocycles. The van der Waals surface area contributed by atoms with Crippen LogP contribution in [0.2, 0.25) is 0 Å². The number of carbonyl (C=O) groups excluding carboxylic acids is 1. The monoisotopic (exact) mass is 373 g/mol. The number of hydrogen-bond acceptors (Lipinski definition) is 5. The summed E-state index contributed by atoms with van der Waals surface area (Å²) in [7, 11) is 0. The average molecular weight is 374 g/mol. The number of fused-ring (bicyclic) bond motifs is 1. The molecule has 0 aromatic carbocycles. The molecule has 7 heteroatoms. The van der Waals surface area contributed by atoms with E-state index in [0.717, 1.165) is 55.3 Å². The zero-order valence-corrected chi connectivity index (χ0v) is 16.3. The van der Waals surface area contributed by atoms with Gasteiger partial charge in [0.15, 0.2) is 0 Å². The van der Waals surface area contributed by atoms with Crippen LogP contribution in [0.5, 0.6) is 0 Å². The minimum Gasteiger partial charge on any atom is -0.350 e. The van der Waals surface area contributed by atoms with Crippen molar-refractivity contribution in [1.29, 1.82) is 0 Å². The van der Waals surface area contributed by atoms with Crippen molar-refractivity contribution >= 4 is 17.2 Å². The van der Waals surface area contributed by atoms with Crippen molar-refractivity contribution in [2.24, 2.45) is 5.92 Å². The van der Waals surface area contributed by atoms with Gasteiger partial charge in [-0.1, -0.05) is 0 Å². The van der Waals surface area contributed by atoms with Crippen molar-refractivity contribution in [3.63, 3.8) is 0 Å². The number of amides is 1. The molecule has 26 heavy (non-hydrogen) atoms. The third-order valence-electron chi connectivity index (χ3n) is 5.08. The van der Waals surface area contributed by atoms with Gasteiger partial charge in [-0.3, -0.25) is 9.48 Å². The maximum Gasteiger partial charge on any atom is 0.254 e. The van der Waals surface area contributed by atoms with Gasteiger partial charge in [0, 0.05) is 30.4 Å². The van der Waals surface area contributed by atoms with E-state index in [4.69, 9.17) is 4.98 Å². The molecule has 2 aromatic heterocycles. The number of hydrogen-bond donors (Lipinski definition) is 2. The maximum absolute atomic E-state index is 12.4. The third-order valence-corrected chi connectivity index (χ3v) is 6.14. The second-order valence-corrected chi connectivity index (χ2v) is 8.69. The van der Waals surface area contributed by atoms with Crippen LogP contribution in [0.25, 0.3) is 0 Å². The zero-order valence-electron chi connectivity index (χ0n) is 15.5. The fourth-order valence-electron chi connectivity index (χ4n) is 3.53. The molecule has 0 spiro atoms. The lowest BCUT2D eigenvalue weighted by Crippen LogP contribution is -2.33. The Morgan fingerprint density at radius 3 is 3.00 bits per heavy atom. The van der Waals surface area contributed by atoms with Gasteiger partial charge in [-0.25, -0.2) is 4.98 Å². The van der Waals surface area contributed by atoms with Crippen LogP contribution in [0.4, 0.5) is 0 Å². The largest absolute Gasteiger partial charge is 0.350 e. The van der Waals surface area contributed by atoms with E-state index in [0.29, 0.717) is 5.92 Å². The number of rotatable bonds is 7. The van der Waals surface area contributed by atoms with Crippen LogP contribution < -0.4 is 10.6 Å². The standard InChI is InChI=1S/C19H27N5OS/c1-12(2)22-18(25)16-10-21-24-6-5-13(7-17(16)24)8-20-9-15-11-26-19(23-15)14-3-4-14/h10-14,20H,3-9H2,1-2H3,(H,22,25). The van der Waals surface area contributed by atoms with Crippen molar-refractivity contribution in [2.45, 2.75) is 64.6 Å². The summed E-state index contributed by atoms with van der Waals surface area (Å²) in [5, 5.41) is 14.4. The molecule has 140 valence electrons. The van der Waals surface area contributed by atoms with Crippen LogP contribution in [0.15, 0.2) is 11.6 Å². The number of aromatic nitrogens is 3. The quantitative estimate of drug-likeness (QED) is 0.783. The number of aryl methyl sites for hydroxylation is 1. The highest BCUT2D eigenvalue weighted by molar-refractivity contribution is 7.09. The first kappa shape index (κ1) is 17.7. The summed E-state index contributed by atoms with van der Waals surface area (Å²) < 4.78 is 1.99. The summed E-state index contributed by atoms with van der Waals surface area (Å²) in [6.45, 7) is 6.63. The molecule has 1 unspecified atom stereocenters. The van der Waals surface area contributed by atoms with Gasteiger partial charge >= 0.3 is 0 Å². The molecule has 1 atom stereocenters. The van der Waals surface area contributed by atoms with E-state index in [9.17, 15) is 4.79 Å². The van der Waals surface area contributed by atoms with Crippen molar-refractivity contribution in [3.8, 4) is 0 Å². The van der Waals surface area contributed by atoms with E-state index in [1.54, 1.807) is 17.5 Å². The van der Waals surface area contributed by atoms with Crippen LogP contribution >= 0.6 is 11.3 Å². The first-order valence-electron chi connectivity index (χ1n) is 9.60. The molecule has 0 radical (unpaired) electrons. The van der Waals surface area contributed by atoms with E-state index in [1.165, 1.54) is 17.8 Å². The van der Waals surface area contributed by atoms with Crippen LogP contribution in [-0.4, -0.2) is 33.3 Å². The average Bonchev–Trinajstić information content (AvgIpc) is 3.20. The first-order valence-corrected chi connectivity index (χ1v) is 10.5. The van der Waals surface area contributed by atoms with Gasteiger partial charge in [0.25, 0.3) is 5.91 Å². The van der Waals surface area contributed by atoms with Crippen molar-refractivity contribution < 1.29 is 4.79 Å². The third kappa shape index (κ3) is 3.99. The minimum atomic E-state index is -0.00932. The molecule has 1 amide bonds. The number of nitrogens with zero attached hydrogens (tertiary/aromatic N) is 3. The molecule has 1 aliphatic heterocycles. The van der Waals surface area contributed by atoms with Gasteiger partial charge < -0.3 is 10.6 Å². The lowest BCUT2D eigenvalue weighted by Gasteiger charge is -2.24. The lowest BCUT2D eigenvalue weighted by atomic mass is 9.94. The molecule has 0 bridgehead atoms. The number of nitrogens with one attached hydrogen (secondary N) is 2. The Kier molecular flexibility index (Phi) is 5.09. The Labute approximate surface area is 158 Å². The maximum atomic E-state index is 12.4. The molecule has 6 nitrogen and oxygen atoms in total. The van der Waals surface area contributed by atoms with Crippen LogP contribution in [0.1, 0.15) is 65.8 Å². The number of thiazole rings is 1. The number of carbonyl (C=O) groups is 1. The predicted octanol–water partition coefficient (Wildman–Crippen LogP) is 2.71. The summed E-state index contributed by atoms with van der Waals surface area (Å²) in [6, 6.07) is 0.137. The molecule has 2 aliphatic rings. The van der Waals surface area contributed by atoms with Gasteiger partial charge in [0.1, 0.15) is 0 Å². The van der Waals surface area contributed by atoms with E-state index >= 15 is 0 Å². The van der Waals surface area contributed by atoms with Crippen LogP contribution in [-0.2, 0) is 19.5 Å². The minimum absolute atomic E-state index is 0.00932. The molecule has 1 aliphatic carbocycles. The molecular formula is C19H27N5OS. The fourth-order valence-corrected chi connectivity index (χ4v) is 4.52. The van der Waals surface area contributed by atoms with Gasteiger partial charge in [-0.05, 0) is 52.0 Å². The highest BCUT2D eigenvalue weighted by atomic mass is 32.1. The summed E-state index contributed by atoms with van der Waals surface area (Å²) in [5.41, 5.74) is 2.97. The van der Waals surface area contributed by atoms with Crippen molar-refractivity contribution in [2.75, 3.05) is 6.54 Å². The second kappa shape index (κ2) is 7.48. The van der Waals surface area contributed by atoms with E-state index in [1.807, 2.05) is 18.5 Å². The Balaban J connectivity index is 1.31.